The van der Waals surface area contributed by atoms with Crippen LogP contribution in [-0.4, -0.2) is 39.5 Å². The van der Waals surface area contributed by atoms with E-state index in [1.807, 2.05) is 55.7 Å². The molecule has 8 nitrogen and oxygen atoms in total. The first-order chi connectivity index (χ1) is 18.3. The summed E-state index contributed by atoms with van der Waals surface area (Å²) < 4.78 is 12.7. The van der Waals surface area contributed by atoms with Gasteiger partial charge >= 0.3 is 5.97 Å². The number of nitrogens with one attached hydrogen (secondary N) is 1. The molecule has 38 heavy (non-hydrogen) atoms. The van der Waals surface area contributed by atoms with Crippen LogP contribution in [0.1, 0.15) is 47.1 Å². The van der Waals surface area contributed by atoms with E-state index < -0.39 is 5.97 Å². The molecule has 10 heteroatoms. The van der Waals surface area contributed by atoms with Crippen molar-refractivity contribution in [1.29, 1.82) is 0 Å². The number of benzene rings is 2. The van der Waals surface area contributed by atoms with Crippen LogP contribution in [0.3, 0.4) is 0 Å². The molecule has 0 spiro atoms. The van der Waals surface area contributed by atoms with Crippen LogP contribution in [0.15, 0.2) is 59.1 Å². The van der Waals surface area contributed by atoms with E-state index in [1.54, 1.807) is 4.57 Å². The summed E-state index contributed by atoms with van der Waals surface area (Å²) in [6.45, 7) is 6.56. The lowest BCUT2D eigenvalue weighted by Gasteiger charge is -2.09. The maximum atomic E-state index is 12.8. The molecule has 2 heterocycles. The molecule has 0 bridgehead atoms. The number of hydrogen-bond donors (Lipinski definition) is 1. The normalized spacial score (nSPS) is 11.0. The van der Waals surface area contributed by atoms with E-state index in [0.717, 1.165) is 22.4 Å². The number of esters is 1. The Morgan fingerprint density at radius 2 is 1.79 bits per heavy atom. The second kappa shape index (κ2) is 12.3. The van der Waals surface area contributed by atoms with Crippen molar-refractivity contribution in [2.75, 3.05) is 18.2 Å². The van der Waals surface area contributed by atoms with Crippen molar-refractivity contribution in [1.82, 2.24) is 14.8 Å². The van der Waals surface area contributed by atoms with Gasteiger partial charge in [0.15, 0.2) is 11.0 Å². The Morgan fingerprint density at radius 3 is 2.45 bits per heavy atom. The number of aryl methyl sites for hydroxylation is 1. The third-order valence-electron chi connectivity index (χ3n) is 5.97. The van der Waals surface area contributed by atoms with E-state index in [1.165, 1.54) is 35.8 Å². The quantitative estimate of drug-likeness (QED) is 0.189. The molecule has 4 rings (SSSR count). The number of carbonyl (C=O) groups excluding carboxylic acids is 2. The summed E-state index contributed by atoms with van der Waals surface area (Å²) in [5, 5.41) is 14.2. The van der Waals surface area contributed by atoms with Gasteiger partial charge in [-0.15, -0.1) is 21.5 Å². The van der Waals surface area contributed by atoms with Crippen LogP contribution in [0.2, 0.25) is 0 Å². The van der Waals surface area contributed by atoms with E-state index in [-0.39, 0.29) is 18.3 Å². The van der Waals surface area contributed by atoms with E-state index in [2.05, 4.69) is 41.5 Å². The molecule has 198 valence electrons. The standard InChI is InChI=1S/C28H30N4O4S2/c1-17(2)19-10-12-21(13-11-19)36-14-23-30-31-28(32(23)4)38-16-24(33)29-26-25(27(34)35-5)22(15-37-26)20-8-6-18(3)7-9-20/h6-13,15,17H,14,16H2,1-5H3,(H,29,33). The maximum absolute atomic E-state index is 12.8. The highest BCUT2D eigenvalue weighted by atomic mass is 32.2. The summed E-state index contributed by atoms with van der Waals surface area (Å²) in [6, 6.07) is 15.9. The van der Waals surface area contributed by atoms with Crippen LogP contribution in [0, 0.1) is 6.92 Å². The Hall–Kier alpha value is -3.63. The molecular weight excluding hydrogens is 520 g/mol. The van der Waals surface area contributed by atoms with Crippen LogP contribution in [-0.2, 0) is 23.2 Å². The lowest BCUT2D eigenvalue weighted by atomic mass is 10.0. The zero-order valence-corrected chi connectivity index (χ0v) is 23.6. The minimum Gasteiger partial charge on any atom is -0.486 e. The predicted molar refractivity (Wildman–Crippen MR) is 151 cm³/mol. The van der Waals surface area contributed by atoms with E-state index in [0.29, 0.717) is 27.5 Å². The second-order valence-electron chi connectivity index (χ2n) is 9.02. The lowest BCUT2D eigenvalue weighted by Crippen LogP contribution is -2.16. The summed E-state index contributed by atoms with van der Waals surface area (Å²) >= 11 is 2.55. The molecule has 0 unspecified atom stereocenters. The summed E-state index contributed by atoms with van der Waals surface area (Å²) in [7, 11) is 3.17. The highest BCUT2D eigenvalue weighted by Gasteiger charge is 2.22. The first-order valence-corrected chi connectivity index (χ1v) is 13.9. The van der Waals surface area contributed by atoms with E-state index in [4.69, 9.17) is 9.47 Å². The Bertz CT molecular complexity index is 1410. The molecule has 0 fully saturated rings. The highest BCUT2D eigenvalue weighted by Crippen LogP contribution is 2.36. The molecule has 1 N–H and O–H groups in total. The fourth-order valence-corrected chi connectivity index (χ4v) is 5.39. The predicted octanol–water partition coefficient (Wildman–Crippen LogP) is 6.07. The molecule has 0 aliphatic carbocycles. The first-order valence-electron chi connectivity index (χ1n) is 12.1. The van der Waals surface area contributed by atoms with Gasteiger partial charge in [0.1, 0.15) is 22.9 Å². The SMILES string of the molecule is COC(=O)c1c(-c2ccc(C)cc2)csc1NC(=O)CSc1nnc(COc2ccc(C(C)C)cc2)n1C. The van der Waals surface area contributed by atoms with Crippen molar-refractivity contribution in [2.45, 2.75) is 38.5 Å². The number of thioether (sulfide) groups is 1. The van der Waals surface area contributed by atoms with Crippen LogP contribution in [0.4, 0.5) is 5.00 Å². The molecular formula is C28H30N4O4S2. The number of nitrogens with zero attached hydrogens (tertiary/aromatic N) is 3. The molecule has 0 aliphatic heterocycles. The number of aromatic nitrogens is 3. The van der Waals surface area contributed by atoms with Crippen molar-refractivity contribution in [3.05, 3.63) is 76.4 Å². The zero-order chi connectivity index (χ0) is 27.2. The molecule has 1 amide bonds. The topological polar surface area (TPSA) is 95.3 Å². The maximum Gasteiger partial charge on any atom is 0.341 e. The van der Waals surface area contributed by atoms with Gasteiger partial charge in [0, 0.05) is 18.0 Å². The first kappa shape index (κ1) is 27.4. The van der Waals surface area contributed by atoms with Crippen molar-refractivity contribution < 1.29 is 19.1 Å². The number of methoxy groups -OCH3 is 1. The number of carbonyl (C=O) groups is 2. The number of ether oxygens (including phenoxy) is 2. The average molecular weight is 551 g/mol. The molecule has 0 atom stereocenters. The van der Waals surface area contributed by atoms with E-state index in [9.17, 15) is 9.59 Å². The van der Waals surface area contributed by atoms with Crippen LogP contribution < -0.4 is 10.1 Å². The molecule has 0 radical (unpaired) electrons. The largest absolute Gasteiger partial charge is 0.486 e. The van der Waals surface area contributed by atoms with Gasteiger partial charge in [-0.2, -0.15) is 0 Å². The summed E-state index contributed by atoms with van der Waals surface area (Å²) in [5.74, 6) is 1.21. The van der Waals surface area contributed by atoms with Gasteiger partial charge in [0.2, 0.25) is 5.91 Å². The molecule has 4 aromatic rings. The summed E-state index contributed by atoms with van der Waals surface area (Å²) in [6.07, 6.45) is 0. The van der Waals surface area contributed by atoms with Crippen LogP contribution in [0.5, 0.6) is 5.75 Å². The van der Waals surface area contributed by atoms with Gasteiger partial charge in [-0.3, -0.25) is 4.79 Å². The van der Waals surface area contributed by atoms with Crippen LogP contribution in [0.25, 0.3) is 11.1 Å². The average Bonchev–Trinajstić information content (AvgIpc) is 3.49. The monoisotopic (exact) mass is 550 g/mol. The fraction of sp³-hybridized carbons (Fsp3) is 0.286. The minimum absolute atomic E-state index is 0.0991. The molecule has 2 aromatic carbocycles. The Morgan fingerprint density at radius 1 is 1.08 bits per heavy atom. The number of hydrogen-bond acceptors (Lipinski definition) is 8. The minimum atomic E-state index is -0.499. The van der Waals surface area contributed by atoms with Gasteiger partial charge in [0.05, 0.1) is 12.9 Å². The number of thiophene rings is 1. The highest BCUT2D eigenvalue weighted by molar-refractivity contribution is 7.99. The zero-order valence-electron chi connectivity index (χ0n) is 22.0. The van der Waals surface area contributed by atoms with Gasteiger partial charge in [-0.1, -0.05) is 67.6 Å². The van der Waals surface area contributed by atoms with E-state index >= 15 is 0 Å². The Labute approximate surface area is 230 Å². The number of anilines is 1. The van der Waals surface area contributed by atoms with Gasteiger partial charge in [-0.05, 0) is 36.1 Å². The second-order valence-corrected chi connectivity index (χ2v) is 10.8. The van der Waals surface area contributed by atoms with Crippen molar-refractivity contribution in [3.63, 3.8) is 0 Å². The Balaban J connectivity index is 1.37. The van der Waals surface area contributed by atoms with Crippen molar-refractivity contribution >= 4 is 40.0 Å². The van der Waals surface area contributed by atoms with Crippen LogP contribution >= 0.6 is 23.1 Å². The smallest absolute Gasteiger partial charge is 0.341 e. The van der Waals surface area contributed by atoms with Gasteiger partial charge < -0.3 is 19.4 Å². The van der Waals surface area contributed by atoms with Crippen molar-refractivity contribution in [2.24, 2.45) is 7.05 Å². The molecule has 0 saturated heterocycles. The Kier molecular flexibility index (Phi) is 8.85. The molecule has 0 saturated carbocycles. The van der Waals surface area contributed by atoms with Gasteiger partial charge in [0.25, 0.3) is 0 Å². The fourth-order valence-electron chi connectivity index (χ4n) is 3.69. The molecule has 0 aliphatic rings. The third-order valence-corrected chi connectivity index (χ3v) is 7.88. The lowest BCUT2D eigenvalue weighted by molar-refractivity contribution is -0.113. The summed E-state index contributed by atoms with van der Waals surface area (Å²) in [5.41, 5.74) is 4.32. The number of rotatable bonds is 10. The number of amides is 1. The van der Waals surface area contributed by atoms with Gasteiger partial charge in [-0.25, -0.2) is 4.79 Å². The van der Waals surface area contributed by atoms with Crippen molar-refractivity contribution in [3.8, 4) is 16.9 Å². The summed E-state index contributed by atoms with van der Waals surface area (Å²) in [4.78, 5) is 25.4. The third kappa shape index (κ3) is 6.43. The molecule has 2 aromatic heterocycles.